The fourth-order valence-corrected chi connectivity index (χ4v) is 3.25. The smallest absolute Gasteiger partial charge is 0.480 e. The molecule has 3 rings (SSSR count). The maximum absolute atomic E-state index is 11.9. The van der Waals surface area contributed by atoms with Crippen LogP contribution in [0.3, 0.4) is 0 Å². The third-order valence-corrected chi connectivity index (χ3v) is 5.13. The van der Waals surface area contributed by atoms with Gasteiger partial charge in [-0.2, -0.15) is 13.2 Å². The molecule has 0 fully saturated rings. The molecule has 0 aliphatic heterocycles. The van der Waals surface area contributed by atoms with Gasteiger partial charge in [0.2, 0.25) is 0 Å². The largest absolute Gasteiger partial charge is 0.490 e. The van der Waals surface area contributed by atoms with E-state index in [0.717, 1.165) is 27.5 Å². The molecule has 0 saturated heterocycles. The summed E-state index contributed by atoms with van der Waals surface area (Å²) in [7, 11) is 0. The van der Waals surface area contributed by atoms with Gasteiger partial charge in [-0.05, 0) is 67.4 Å². The van der Waals surface area contributed by atoms with Gasteiger partial charge in [0.1, 0.15) is 17.5 Å². The number of carboxylic acids is 2. The van der Waals surface area contributed by atoms with Gasteiger partial charge in [-0.3, -0.25) is 5.41 Å². The van der Waals surface area contributed by atoms with Gasteiger partial charge in [0.15, 0.2) is 0 Å². The standard InChI is InChI=1S/C27H27N3O4.C2HF3O2/c1-27(2,3)34-26(33)30-23(25(31)32)15-19-8-5-17(6-9-19)4-7-18-10-11-21-16-22(24(28)29)13-12-20(21)14-18;3-2(4,5)1(6)7/h5-6,8-14,16,23H,15H2,1-3H3,(H3,28,29)(H,30,33)(H,31,32);(H,6,7)/t23-;/m0./s1. The predicted octanol–water partition coefficient (Wildman–Crippen LogP) is 4.68. The zero-order valence-electron chi connectivity index (χ0n) is 22.3. The predicted molar refractivity (Wildman–Crippen MR) is 146 cm³/mol. The molecule has 0 radical (unpaired) electrons. The Labute approximate surface area is 233 Å². The molecular formula is C29H28F3N3O6. The molecule has 9 nitrogen and oxygen atoms in total. The number of alkyl carbamates (subject to hydrolysis) is 1. The summed E-state index contributed by atoms with van der Waals surface area (Å²) in [6.45, 7) is 5.14. The fourth-order valence-electron chi connectivity index (χ4n) is 3.25. The van der Waals surface area contributed by atoms with Crippen molar-refractivity contribution in [1.29, 1.82) is 5.41 Å². The van der Waals surface area contributed by atoms with Crippen molar-refractivity contribution < 1.29 is 42.5 Å². The number of fused-ring (bicyclic) bond motifs is 1. The number of aliphatic carboxylic acids is 2. The van der Waals surface area contributed by atoms with Crippen molar-refractivity contribution in [2.45, 2.75) is 45.0 Å². The van der Waals surface area contributed by atoms with Crippen molar-refractivity contribution in [2.24, 2.45) is 5.73 Å². The third kappa shape index (κ3) is 10.9. The molecule has 0 heterocycles. The van der Waals surface area contributed by atoms with Gasteiger partial charge >= 0.3 is 24.2 Å². The monoisotopic (exact) mass is 571 g/mol. The first-order valence-electron chi connectivity index (χ1n) is 12.0. The Morgan fingerprint density at radius 1 is 0.927 bits per heavy atom. The molecule has 216 valence electrons. The van der Waals surface area contributed by atoms with Crippen LogP contribution in [0.2, 0.25) is 0 Å². The summed E-state index contributed by atoms with van der Waals surface area (Å²) in [5.74, 6) is 2.38. The zero-order valence-corrected chi connectivity index (χ0v) is 22.3. The lowest BCUT2D eigenvalue weighted by Gasteiger charge is -2.22. The maximum atomic E-state index is 11.9. The van der Waals surface area contributed by atoms with Crippen LogP contribution in [0.5, 0.6) is 0 Å². The Kier molecular flexibility index (Phi) is 10.5. The Morgan fingerprint density at radius 2 is 1.44 bits per heavy atom. The van der Waals surface area contributed by atoms with Crippen LogP contribution in [-0.2, 0) is 20.7 Å². The first kappa shape index (κ1) is 32.2. The van der Waals surface area contributed by atoms with E-state index in [9.17, 15) is 27.9 Å². The Morgan fingerprint density at radius 3 is 1.95 bits per heavy atom. The van der Waals surface area contributed by atoms with Crippen molar-refractivity contribution in [1.82, 2.24) is 5.32 Å². The van der Waals surface area contributed by atoms with Gasteiger partial charge in [0, 0.05) is 23.1 Å². The minimum absolute atomic E-state index is 0.0320. The topological polar surface area (TPSA) is 163 Å². The second kappa shape index (κ2) is 13.3. The van der Waals surface area contributed by atoms with Crippen LogP contribution in [0.1, 0.15) is 43.0 Å². The second-order valence-corrected chi connectivity index (χ2v) is 9.68. The summed E-state index contributed by atoms with van der Waals surface area (Å²) in [6, 6.07) is 17.5. The molecule has 1 amide bonds. The maximum Gasteiger partial charge on any atom is 0.490 e. The highest BCUT2D eigenvalue weighted by Crippen LogP contribution is 2.18. The number of nitrogens with one attached hydrogen (secondary N) is 2. The van der Waals surface area contributed by atoms with E-state index in [-0.39, 0.29) is 12.3 Å². The minimum atomic E-state index is -5.08. The highest BCUT2D eigenvalue weighted by Gasteiger charge is 2.38. The first-order valence-corrected chi connectivity index (χ1v) is 12.0. The normalized spacial score (nSPS) is 11.7. The van der Waals surface area contributed by atoms with Crippen LogP contribution in [0, 0.1) is 17.3 Å². The summed E-state index contributed by atoms with van der Waals surface area (Å²) in [6.07, 6.45) is -5.73. The van der Waals surface area contributed by atoms with Crippen molar-refractivity contribution in [3.05, 3.63) is 82.9 Å². The molecule has 0 bridgehead atoms. The molecule has 12 heteroatoms. The minimum Gasteiger partial charge on any atom is -0.480 e. The lowest BCUT2D eigenvalue weighted by Crippen LogP contribution is -2.44. The number of hydrogen-bond donors (Lipinski definition) is 5. The number of carbonyl (C=O) groups excluding carboxylic acids is 1. The molecule has 3 aromatic rings. The molecule has 3 aromatic carbocycles. The van der Waals surface area contributed by atoms with E-state index in [1.54, 1.807) is 32.9 Å². The van der Waals surface area contributed by atoms with Crippen LogP contribution in [0.15, 0.2) is 60.7 Å². The van der Waals surface area contributed by atoms with Crippen LogP contribution >= 0.6 is 0 Å². The van der Waals surface area contributed by atoms with E-state index in [1.165, 1.54) is 0 Å². The first-order chi connectivity index (χ1) is 18.9. The molecule has 0 unspecified atom stereocenters. The molecule has 0 saturated carbocycles. The SMILES string of the molecule is CC(C)(C)OC(=O)N[C@@H](Cc1ccc(C#Cc2ccc3cc(C(=N)N)ccc3c2)cc1)C(=O)O.O=C(O)C(F)(F)F. The van der Waals surface area contributed by atoms with Crippen LogP contribution < -0.4 is 11.1 Å². The van der Waals surface area contributed by atoms with Gasteiger partial charge in [0.25, 0.3) is 0 Å². The number of amides is 1. The number of ether oxygens (including phenoxy) is 1. The summed E-state index contributed by atoms with van der Waals surface area (Å²) in [5, 5.41) is 28.5. The van der Waals surface area contributed by atoms with Gasteiger partial charge in [-0.15, -0.1) is 0 Å². The highest BCUT2D eigenvalue weighted by molar-refractivity contribution is 5.99. The van der Waals surface area contributed by atoms with Crippen molar-refractivity contribution in [2.75, 3.05) is 0 Å². The lowest BCUT2D eigenvalue weighted by atomic mass is 10.0. The molecule has 0 aromatic heterocycles. The van der Waals surface area contributed by atoms with Gasteiger partial charge in [-0.1, -0.05) is 42.2 Å². The van der Waals surface area contributed by atoms with Crippen LogP contribution in [-0.4, -0.2) is 51.9 Å². The summed E-state index contributed by atoms with van der Waals surface area (Å²) >= 11 is 0. The summed E-state index contributed by atoms with van der Waals surface area (Å²) in [5.41, 5.74) is 7.89. The van der Waals surface area contributed by atoms with Crippen LogP contribution in [0.4, 0.5) is 18.0 Å². The number of hydrogen-bond acceptors (Lipinski definition) is 5. The summed E-state index contributed by atoms with van der Waals surface area (Å²) in [4.78, 5) is 32.4. The third-order valence-electron chi connectivity index (χ3n) is 5.13. The number of alkyl halides is 3. The van der Waals surface area contributed by atoms with Gasteiger partial charge < -0.3 is 26.0 Å². The quantitative estimate of drug-likeness (QED) is 0.169. The number of nitrogens with two attached hydrogens (primary N) is 1. The Hall–Kier alpha value is -5.05. The second-order valence-electron chi connectivity index (χ2n) is 9.68. The lowest BCUT2D eigenvalue weighted by molar-refractivity contribution is -0.192. The van der Waals surface area contributed by atoms with Crippen molar-refractivity contribution >= 4 is 34.6 Å². The average Bonchev–Trinajstić information content (AvgIpc) is 2.86. The Bertz CT molecular complexity index is 1500. The van der Waals surface area contributed by atoms with E-state index >= 15 is 0 Å². The molecule has 1 atom stereocenters. The van der Waals surface area contributed by atoms with E-state index in [2.05, 4.69) is 17.2 Å². The molecule has 0 aliphatic carbocycles. The molecule has 6 N–H and O–H groups in total. The van der Waals surface area contributed by atoms with Crippen molar-refractivity contribution in [3.63, 3.8) is 0 Å². The highest BCUT2D eigenvalue weighted by atomic mass is 19.4. The number of carbonyl (C=O) groups is 3. The van der Waals surface area contributed by atoms with E-state index in [4.69, 9.17) is 25.8 Å². The molecule has 0 aliphatic rings. The number of nitrogen functional groups attached to an aromatic ring is 1. The number of rotatable bonds is 5. The van der Waals surface area contributed by atoms with E-state index in [0.29, 0.717) is 5.56 Å². The zero-order chi connectivity index (χ0) is 31.0. The number of carboxylic acid groups (broad SMARTS) is 2. The average molecular weight is 572 g/mol. The Balaban J connectivity index is 0.000000745. The number of halogens is 3. The van der Waals surface area contributed by atoms with E-state index in [1.807, 2.05) is 48.5 Å². The van der Waals surface area contributed by atoms with Gasteiger partial charge in [0.05, 0.1) is 0 Å². The number of amidine groups is 1. The molecule has 41 heavy (non-hydrogen) atoms. The van der Waals surface area contributed by atoms with Crippen LogP contribution in [0.25, 0.3) is 10.8 Å². The fraction of sp³-hybridized carbons (Fsp3) is 0.241. The van der Waals surface area contributed by atoms with E-state index < -0.39 is 35.9 Å². The van der Waals surface area contributed by atoms with Crippen molar-refractivity contribution in [3.8, 4) is 11.8 Å². The molecular weight excluding hydrogens is 543 g/mol. The van der Waals surface area contributed by atoms with Gasteiger partial charge in [-0.25, -0.2) is 14.4 Å². The summed E-state index contributed by atoms with van der Waals surface area (Å²) < 4.78 is 36.9. The number of benzene rings is 3. The molecule has 0 spiro atoms.